The van der Waals surface area contributed by atoms with Gasteiger partial charge >= 0.3 is 0 Å². The molecule has 0 spiro atoms. The van der Waals surface area contributed by atoms with Gasteiger partial charge in [-0.15, -0.1) is 0 Å². The summed E-state index contributed by atoms with van der Waals surface area (Å²) in [5.74, 6) is 0.919. The average molecular weight is 427 g/mol. The van der Waals surface area contributed by atoms with Gasteiger partial charge in [-0.3, -0.25) is 9.88 Å². The van der Waals surface area contributed by atoms with Gasteiger partial charge in [0.1, 0.15) is 5.75 Å². The van der Waals surface area contributed by atoms with E-state index in [1.807, 2.05) is 24.4 Å². The summed E-state index contributed by atoms with van der Waals surface area (Å²) in [6.45, 7) is 5.52. The van der Waals surface area contributed by atoms with Crippen LogP contribution in [0.3, 0.4) is 0 Å². The lowest BCUT2D eigenvalue weighted by molar-refractivity contribution is 0.255. The van der Waals surface area contributed by atoms with Crippen LogP contribution in [0.25, 0.3) is 22.2 Å². The van der Waals surface area contributed by atoms with E-state index >= 15 is 0 Å². The molecule has 2 aromatic heterocycles. The summed E-state index contributed by atoms with van der Waals surface area (Å²) in [5, 5.41) is 1.28. The standard InChI is InChI=1S/C27H30N4O/c1-32-24-11-12-27-25(19-24)22(20-29-27)5-4-14-30-15-17-31(18-16-30)23-9-7-21(8-10-23)26-6-2-3-13-28-26/h2-3,6-13,19-20,29H,4-5,14-18H2,1H3. The zero-order valence-electron chi connectivity index (χ0n) is 18.6. The predicted molar refractivity (Wildman–Crippen MR) is 131 cm³/mol. The molecule has 3 heterocycles. The minimum Gasteiger partial charge on any atom is -0.497 e. The minimum atomic E-state index is 0.919. The van der Waals surface area contributed by atoms with E-state index in [4.69, 9.17) is 4.74 Å². The number of nitrogens with one attached hydrogen (secondary N) is 1. The molecule has 32 heavy (non-hydrogen) atoms. The fourth-order valence-electron chi connectivity index (χ4n) is 4.59. The molecule has 0 radical (unpaired) electrons. The Hall–Kier alpha value is -3.31. The van der Waals surface area contributed by atoms with Crippen molar-refractivity contribution in [1.82, 2.24) is 14.9 Å². The molecule has 1 fully saturated rings. The lowest BCUT2D eigenvalue weighted by Crippen LogP contribution is -2.46. The number of piperazine rings is 1. The zero-order valence-corrected chi connectivity index (χ0v) is 18.6. The van der Waals surface area contributed by atoms with Crippen molar-refractivity contribution in [2.75, 3.05) is 44.7 Å². The lowest BCUT2D eigenvalue weighted by atomic mass is 10.1. The van der Waals surface area contributed by atoms with Gasteiger partial charge < -0.3 is 14.6 Å². The molecule has 1 N–H and O–H groups in total. The number of aromatic amines is 1. The molecule has 0 amide bonds. The van der Waals surface area contributed by atoms with Crippen LogP contribution < -0.4 is 9.64 Å². The molecule has 1 saturated heterocycles. The van der Waals surface area contributed by atoms with E-state index in [0.717, 1.165) is 50.6 Å². The maximum absolute atomic E-state index is 5.39. The van der Waals surface area contributed by atoms with Gasteiger partial charge in [-0.2, -0.15) is 0 Å². The van der Waals surface area contributed by atoms with Gasteiger partial charge in [0.2, 0.25) is 0 Å². The third kappa shape index (κ3) is 4.48. The monoisotopic (exact) mass is 426 g/mol. The Morgan fingerprint density at radius 2 is 1.81 bits per heavy atom. The molecule has 1 aliphatic rings. The highest BCUT2D eigenvalue weighted by Crippen LogP contribution is 2.25. The molecule has 0 bridgehead atoms. The third-order valence-electron chi connectivity index (χ3n) is 6.46. The number of rotatable bonds is 7. The van der Waals surface area contributed by atoms with Crippen molar-refractivity contribution in [2.24, 2.45) is 0 Å². The van der Waals surface area contributed by atoms with Gasteiger partial charge in [0.15, 0.2) is 0 Å². The second kappa shape index (κ2) is 9.45. The van der Waals surface area contributed by atoms with E-state index in [-0.39, 0.29) is 0 Å². The molecule has 0 saturated carbocycles. The molecule has 0 atom stereocenters. The summed E-state index contributed by atoms with van der Waals surface area (Å²) < 4.78 is 5.39. The number of anilines is 1. The quantitative estimate of drug-likeness (QED) is 0.452. The summed E-state index contributed by atoms with van der Waals surface area (Å²) in [5.41, 5.74) is 6.06. The summed E-state index contributed by atoms with van der Waals surface area (Å²) in [6, 6.07) is 21.1. The van der Waals surface area contributed by atoms with E-state index in [1.165, 1.54) is 34.1 Å². The Morgan fingerprint density at radius 1 is 0.969 bits per heavy atom. The Kier molecular flexibility index (Phi) is 6.08. The van der Waals surface area contributed by atoms with Crippen LogP contribution in [0.5, 0.6) is 5.75 Å². The number of methoxy groups -OCH3 is 1. The van der Waals surface area contributed by atoms with Crippen molar-refractivity contribution >= 4 is 16.6 Å². The van der Waals surface area contributed by atoms with Crippen molar-refractivity contribution in [1.29, 1.82) is 0 Å². The first-order valence-corrected chi connectivity index (χ1v) is 11.4. The highest BCUT2D eigenvalue weighted by molar-refractivity contribution is 5.84. The van der Waals surface area contributed by atoms with Gasteiger partial charge in [0.05, 0.1) is 12.8 Å². The average Bonchev–Trinajstić information content (AvgIpc) is 3.27. The number of aryl methyl sites for hydroxylation is 1. The van der Waals surface area contributed by atoms with Gasteiger partial charge in [-0.1, -0.05) is 18.2 Å². The molecule has 4 aromatic rings. The highest BCUT2D eigenvalue weighted by atomic mass is 16.5. The Morgan fingerprint density at radius 3 is 2.56 bits per heavy atom. The number of aromatic nitrogens is 2. The summed E-state index contributed by atoms with van der Waals surface area (Å²) in [6.07, 6.45) is 6.25. The summed E-state index contributed by atoms with van der Waals surface area (Å²) >= 11 is 0. The number of H-pyrrole nitrogens is 1. The maximum Gasteiger partial charge on any atom is 0.119 e. The number of hydrogen-bond acceptors (Lipinski definition) is 4. The van der Waals surface area contributed by atoms with Crippen LogP contribution >= 0.6 is 0 Å². The van der Waals surface area contributed by atoms with Gasteiger partial charge in [0, 0.05) is 60.7 Å². The smallest absolute Gasteiger partial charge is 0.119 e. The molecule has 164 valence electrons. The van der Waals surface area contributed by atoms with Crippen molar-refractivity contribution in [3.63, 3.8) is 0 Å². The first-order chi connectivity index (χ1) is 15.8. The van der Waals surface area contributed by atoms with E-state index < -0.39 is 0 Å². The molecule has 0 aliphatic carbocycles. The topological polar surface area (TPSA) is 44.4 Å². The number of fused-ring (bicyclic) bond motifs is 1. The van der Waals surface area contributed by atoms with E-state index in [9.17, 15) is 0 Å². The number of hydrogen-bond donors (Lipinski definition) is 1. The minimum absolute atomic E-state index is 0.919. The number of ether oxygens (including phenoxy) is 1. The highest BCUT2D eigenvalue weighted by Gasteiger charge is 2.17. The summed E-state index contributed by atoms with van der Waals surface area (Å²) in [7, 11) is 1.72. The van der Waals surface area contributed by atoms with E-state index in [1.54, 1.807) is 7.11 Å². The zero-order chi connectivity index (χ0) is 21.8. The third-order valence-corrected chi connectivity index (χ3v) is 6.46. The van der Waals surface area contributed by atoms with Gasteiger partial charge in [-0.05, 0) is 67.4 Å². The number of benzene rings is 2. The van der Waals surface area contributed by atoms with Crippen LogP contribution in [0.15, 0.2) is 73.1 Å². The Labute approximate surface area is 189 Å². The second-order valence-corrected chi connectivity index (χ2v) is 8.42. The largest absolute Gasteiger partial charge is 0.497 e. The van der Waals surface area contributed by atoms with Crippen LogP contribution in [0.4, 0.5) is 5.69 Å². The fourth-order valence-corrected chi connectivity index (χ4v) is 4.59. The number of pyridine rings is 1. The molecule has 0 unspecified atom stereocenters. The Balaban J connectivity index is 1.11. The second-order valence-electron chi connectivity index (χ2n) is 8.42. The molecule has 1 aliphatic heterocycles. The van der Waals surface area contributed by atoms with Crippen LogP contribution in [0, 0.1) is 0 Å². The fraction of sp³-hybridized carbons (Fsp3) is 0.296. The van der Waals surface area contributed by atoms with Crippen LogP contribution in [0.2, 0.25) is 0 Å². The number of nitrogens with zero attached hydrogens (tertiary/aromatic N) is 3. The molecule has 5 heteroatoms. The van der Waals surface area contributed by atoms with Gasteiger partial charge in [-0.25, -0.2) is 0 Å². The first-order valence-electron chi connectivity index (χ1n) is 11.4. The van der Waals surface area contributed by atoms with Crippen LogP contribution in [-0.4, -0.2) is 54.7 Å². The first kappa shape index (κ1) is 20.6. The van der Waals surface area contributed by atoms with Crippen molar-refractivity contribution in [2.45, 2.75) is 12.8 Å². The Bertz CT molecular complexity index is 1150. The van der Waals surface area contributed by atoms with Crippen LogP contribution in [0.1, 0.15) is 12.0 Å². The van der Waals surface area contributed by atoms with Gasteiger partial charge in [0.25, 0.3) is 0 Å². The SMILES string of the molecule is COc1ccc2[nH]cc(CCCN3CCN(c4ccc(-c5ccccn5)cc4)CC3)c2c1. The normalized spacial score (nSPS) is 14.7. The lowest BCUT2D eigenvalue weighted by Gasteiger charge is -2.36. The van der Waals surface area contributed by atoms with Crippen molar-refractivity contribution < 1.29 is 4.74 Å². The molecule has 5 rings (SSSR count). The van der Waals surface area contributed by atoms with E-state index in [0.29, 0.717) is 0 Å². The van der Waals surface area contributed by atoms with Crippen molar-refractivity contribution in [3.8, 4) is 17.0 Å². The van der Waals surface area contributed by atoms with E-state index in [2.05, 4.69) is 68.4 Å². The maximum atomic E-state index is 5.39. The van der Waals surface area contributed by atoms with Crippen LogP contribution in [-0.2, 0) is 6.42 Å². The molecule has 5 nitrogen and oxygen atoms in total. The molecular weight excluding hydrogens is 396 g/mol. The summed E-state index contributed by atoms with van der Waals surface area (Å²) in [4.78, 5) is 12.9. The predicted octanol–water partition coefficient (Wildman–Crippen LogP) is 4.99. The molecular formula is C27H30N4O. The molecule has 2 aromatic carbocycles. The van der Waals surface area contributed by atoms with Crippen molar-refractivity contribution in [3.05, 3.63) is 78.6 Å².